The largest absolute Gasteiger partial charge is 0.476 e. The van der Waals surface area contributed by atoms with Gasteiger partial charge in [-0.25, -0.2) is 4.79 Å². The van der Waals surface area contributed by atoms with Crippen LogP contribution in [0.25, 0.3) is 0 Å². The van der Waals surface area contributed by atoms with E-state index in [1.807, 2.05) is 24.3 Å². The second-order valence-corrected chi connectivity index (χ2v) is 4.39. The molecule has 1 heterocycles. The Kier molecular flexibility index (Phi) is 3.34. The van der Waals surface area contributed by atoms with Crippen molar-refractivity contribution in [2.45, 2.75) is 10.6 Å². The average Bonchev–Trinajstić information content (AvgIpc) is 2.77. The van der Waals surface area contributed by atoms with Gasteiger partial charge in [-0.15, -0.1) is 11.8 Å². The highest BCUT2D eigenvalue weighted by atomic mass is 32.2. The zero-order valence-electron chi connectivity index (χ0n) is 8.79. The minimum Gasteiger partial charge on any atom is -0.476 e. The standard InChI is InChI=1S/C11H10N2O3S/c12-7-1-3-9(4-2-7)17-6-8-5-10(11(14)15)13-16-8/h1-5H,6,12H2,(H,14,15). The van der Waals surface area contributed by atoms with E-state index in [4.69, 9.17) is 15.4 Å². The van der Waals surface area contributed by atoms with Crippen LogP contribution in [0.1, 0.15) is 16.2 Å². The maximum Gasteiger partial charge on any atom is 0.358 e. The second kappa shape index (κ2) is 4.92. The Bertz CT molecular complexity index is 522. The number of carbonyl (C=O) groups is 1. The summed E-state index contributed by atoms with van der Waals surface area (Å²) in [7, 11) is 0. The number of nitrogens with zero attached hydrogens (tertiary/aromatic N) is 1. The first kappa shape index (κ1) is 11.5. The number of benzene rings is 1. The molecule has 0 spiro atoms. The van der Waals surface area contributed by atoms with Gasteiger partial charge in [-0.1, -0.05) is 5.16 Å². The van der Waals surface area contributed by atoms with E-state index in [0.717, 1.165) is 4.90 Å². The normalized spacial score (nSPS) is 10.4. The van der Waals surface area contributed by atoms with Gasteiger partial charge < -0.3 is 15.4 Å². The van der Waals surface area contributed by atoms with Crippen LogP contribution in [0.15, 0.2) is 39.8 Å². The lowest BCUT2D eigenvalue weighted by atomic mass is 10.3. The second-order valence-electron chi connectivity index (χ2n) is 3.34. The molecule has 0 atom stereocenters. The maximum atomic E-state index is 10.6. The summed E-state index contributed by atoms with van der Waals surface area (Å²) in [5.74, 6) is -0.0220. The van der Waals surface area contributed by atoms with Crippen LogP contribution >= 0.6 is 11.8 Å². The topological polar surface area (TPSA) is 89.4 Å². The number of rotatable bonds is 4. The van der Waals surface area contributed by atoms with E-state index < -0.39 is 5.97 Å². The first-order chi connectivity index (χ1) is 8.15. The predicted octanol–water partition coefficient (Wildman–Crippen LogP) is 2.25. The van der Waals surface area contributed by atoms with Crippen molar-refractivity contribution in [2.24, 2.45) is 0 Å². The molecule has 0 radical (unpaired) electrons. The van der Waals surface area contributed by atoms with Gasteiger partial charge in [0.1, 0.15) is 5.76 Å². The van der Waals surface area contributed by atoms with Gasteiger partial charge in [0, 0.05) is 16.6 Å². The van der Waals surface area contributed by atoms with Gasteiger partial charge >= 0.3 is 5.97 Å². The van der Waals surface area contributed by atoms with Crippen LogP contribution in [0.2, 0.25) is 0 Å². The molecule has 5 nitrogen and oxygen atoms in total. The van der Waals surface area contributed by atoms with E-state index in [-0.39, 0.29) is 5.69 Å². The highest BCUT2D eigenvalue weighted by Crippen LogP contribution is 2.23. The summed E-state index contributed by atoms with van der Waals surface area (Å²) < 4.78 is 4.90. The van der Waals surface area contributed by atoms with Crippen molar-refractivity contribution in [1.29, 1.82) is 0 Å². The van der Waals surface area contributed by atoms with Crippen LogP contribution in [0.5, 0.6) is 0 Å². The van der Waals surface area contributed by atoms with Crippen molar-refractivity contribution in [3.63, 3.8) is 0 Å². The lowest BCUT2D eigenvalue weighted by Crippen LogP contribution is -1.94. The van der Waals surface area contributed by atoms with Crippen molar-refractivity contribution in [2.75, 3.05) is 5.73 Å². The van der Waals surface area contributed by atoms with E-state index >= 15 is 0 Å². The van der Waals surface area contributed by atoms with Crippen LogP contribution in [-0.4, -0.2) is 16.2 Å². The van der Waals surface area contributed by atoms with Crippen LogP contribution in [0.4, 0.5) is 5.69 Å². The molecule has 17 heavy (non-hydrogen) atoms. The number of carboxylic acids is 1. The molecule has 0 fully saturated rings. The minimum absolute atomic E-state index is 0.0714. The molecule has 1 aromatic carbocycles. The molecule has 0 bridgehead atoms. The molecule has 0 aliphatic rings. The number of aromatic carboxylic acids is 1. The number of aromatic nitrogens is 1. The Morgan fingerprint density at radius 3 is 2.71 bits per heavy atom. The summed E-state index contributed by atoms with van der Waals surface area (Å²) in [4.78, 5) is 11.6. The first-order valence-electron chi connectivity index (χ1n) is 4.82. The summed E-state index contributed by atoms with van der Waals surface area (Å²) in [5, 5.41) is 12.1. The molecule has 2 rings (SSSR count). The zero-order chi connectivity index (χ0) is 12.3. The Labute approximate surface area is 102 Å². The van der Waals surface area contributed by atoms with Crippen molar-refractivity contribution in [1.82, 2.24) is 5.16 Å². The van der Waals surface area contributed by atoms with E-state index in [1.165, 1.54) is 17.8 Å². The van der Waals surface area contributed by atoms with Crippen molar-refractivity contribution in [3.8, 4) is 0 Å². The number of nitrogen functional groups attached to an aromatic ring is 1. The Hall–Kier alpha value is -1.95. The number of nitrogens with two attached hydrogens (primary N) is 1. The molecular formula is C11H10N2O3S. The van der Waals surface area contributed by atoms with E-state index in [2.05, 4.69) is 5.16 Å². The number of anilines is 1. The molecule has 0 aliphatic heterocycles. The average molecular weight is 250 g/mol. The zero-order valence-corrected chi connectivity index (χ0v) is 9.61. The van der Waals surface area contributed by atoms with E-state index in [1.54, 1.807) is 0 Å². The van der Waals surface area contributed by atoms with Gasteiger partial charge in [0.25, 0.3) is 0 Å². The van der Waals surface area contributed by atoms with Gasteiger partial charge in [0.05, 0.1) is 5.75 Å². The Morgan fingerprint density at radius 1 is 1.41 bits per heavy atom. The molecule has 1 aromatic heterocycles. The van der Waals surface area contributed by atoms with Gasteiger partial charge in [0.15, 0.2) is 5.69 Å². The summed E-state index contributed by atoms with van der Waals surface area (Å²) in [5.41, 5.74) is 6.21. The lowest BCUT2D eigenvalue weighted by molar-refractivity contribution is 0.0685. The number of carboxylic acid groups (broad SMARTS) is 1. The number of hydrogen-bond donors (Lipinski definition) is 2. The van der Waals surface area contributed by atoms with Gasteiger partial charge in [-0.2, -0.15) is 0 Å². The predicted molar refractivity (Wildman–Crippen MR) is 63.9 cm³/mol. The first-order valence-corrected chi connectivity index (χ1v) is 5.81. The quantitative estimate of drug-likeness (QED) is 0.639. The summed E-state index contributed by atoms with van der Waals surface area (Å²) in [6.07, 6.45) is 0. The van der Waals surface area contributed by atoms with Crippen molar-refractivity contribution < 1.29 is 14.4 Å². The van der Waals surface area contributed by atoms with Gasteiger partial charge in [0.2, 0.25) is 0 Å². The fourth-order valence-electron chi connectivity index (χ4n) is 1.20. The highest BCUT2D eigenvalue weighted by Gasteiger charge is 2.10. The van der Waals surface area contributed by atoms with Crippen LogP contribution in [-0.2, 0) is 5.75 Å². The molecule has 0 aliphatic carbocycles. The molecule has 0 unspecified atom stereocenters. The molecule has 0 saturated heterocycles. The molecular weight excluding hydrogens is 240 g/mol. The lowest BCUT2D eigenvalue weighted by Gasteiger charge is -1.98. The maximum absolute atomic E-state index is 10.6. The number of hydrogen-bond acceptors (Lipinski definition) is 5. The van der Waals surface area contributed by atoms with E-state index in [9.17, 15) is 4.79 Å². The van der Waals surface area contributed by atoms with Gasteiger partial charge in [-0.05, 0) is 24.3 Å². The third-order valence-corrected chi connectivity index (χ3v) is 3.07. The van der Waals surface area contributed by atoms with Crippen LogP contribution in [0.3, 0.4) is 0 Å². The Balaban J connectivity index is 1.97. The summed E-state index contributed by atoms with van der Waals surface area (Å²) in [6.45, 7) is 0. The monoisotopic (exact) mass is 250 g/mol. The van der Waals surface area contributed by atoms with Gasteiger partial charge in [-0.3, -0.25) is 0 Å². The molecule has 88 valence electrons. The highest BCUT2D eigenvalue weighted by molar-refractivity contribution is 7.98. The molecule has 0 saturated carbocycles. The fourth-order valence-corrected chi connectivity index (χ4v) is 1.97. The third kappa shape index (κ3) is 3.01. The summed E-state index contributed by atoms with van der Waals surface area (Å²) >= 11 is 1.53. The van der Waals surface area contributed by atoms with Crippen molar-refractivity contribution in [3.05, 3.63) is 41.8 Å². The van der Waals surface area contributed by atoms with Crippen LogP contribution in [0, 0.1) is 0 Å². The SMILES string of the molecule is Nc1ccc(SCc2cc(C(=O)O)no2)cc1. The molecule has 3 N–H and O–H groups in total. The Morgan fingerprint density at radius 2 is 2.12 bits per heavy atom. The number of thioether (sulfide) groups is 1. The third-order valence-electron chi connectivity index (χ3n) is 2.04. The van der Waals surface area contributed by atoms with Crippen LogP contribution < -0.4 is 5.73 Å². The minimum atomic E-state index is -1.09. The summed E-state index contributed by atoms with van der Waals surface area (Å²) in [6, 6.07) is 8.84. The fraction of sp³-hybridized carbons (Fsp3) is 0.0909. The molecule has 2 aromatic rings. The smallest absolute Gasteiger partial charge is 0.358 e. The van der Waals surface area contributed by atoms with Crippen molar-refractivity contribution >= 4 is 23.4 Å². The molecule has 6 heteroatoms. The molecule has 0 amide bonds. The van der Waals surface area contributed by atoms with E-state index in [0.29, 0.717) is 17.2 Å².